The molecule has 1 atom stereocenters. The summed E-state index contributed by atoms with van der Waals surface area (Å²) < 4.78 is 1.34. The van der Waals surface area contributed by atoms with E-state index in [2.05, 4.69) is 90.3 Å². The number of halogens is 1. The van der Waals surface area contributed by atoms with Crippen LogP contribution in [0.25, 0.3) is 0 Å². The first-order valence-electron chi connectivity index (χ1n) is 7.24. The Bertz CT molecular complexity index is 551. The van der Waals surface area contributed by atoms with Crippen molar-refractivity contribution < 1.29 is 0 Å². The smallest absolute Gasteiger partial charge is 0.0371 e. The Kier molecular flexibility index (Phi) is 6.05. The number of hydrogen-bond acceptors (Lipinski definition) is 1. The molecule has 0 aromatic heterocycles. The van der Waals surface area contributed by atoms with Crippen molar-refractivity contribution in [3.8, 4) is 0 Å². The fourth-order valence-corrected chi connectivity index (χ4v) is 3.19. The molecule has 2 heteroatoms. The molecule has 0 aliphatic rings. The van der Waals surface area contributed by atoms with Gasteiger partial charge in [0.1, 0.15) is 0 Å². The van der Waals surface area contributed by atoms with Gasteiger partial charge in [0.25, 0.3) is 0 Å². The first kappa shape index (κ1) is 15.5. The fraction of sp³-hybridized carbons (Fsp3) is 0.333. The Hall–Kier alpha value is -0.870. The average Bonchev–Trinajstić information content (AvgIpc) is 2.46. The Labute approximate surface area is 135 Å². The molecule has 1 nitrogen and oxygen atoms in total. The molecule has 0 saturated heterocycles. The maximum Gasteiger partial charge on any atom is 0.0371 e. The lowest BCUT2D eigenvalue weighted by Gasteiger charge is -2.21. The third-order valence-corrected chi connectivity index (χ3v) is 4.59. The second-order valence-corrected chi connectivity index (χ2v) is 6.32. The topological polar surface area (TPSA) is 12.0 Å². The van der Waals surface area contributed by atoms with Crippen molar-refractivity contribution in [1.29, 1.82) is 0 Å². The highest BCUT2D eigenvalue weighted by Crippen LogP contribution is 2.24. The van der Waals surface area contributed by atoms with E-state index in [1.165, 1.54) is 20.3 Å². The summed E-state index contributed by atoms with van der Waals surface area (Å²) in [5, 5.41) is 3.70. The van der Waals surface area contributed by atoms with Crippen LogP contribution in [0.1, 0.15) is 36.1 Å². The van der Waals surface area contributed by atoms with Gasteiger partial charge in [0.15, 0.2) is 0 Å². The van der Waals surface area contributed by atoms with Crippen molar-refractivity contribution in [3.05, 3.63) is 68.8 Å². The average molecular weight is 379 g/mol. The number of aryl methyl sites for hydroxylation is 1. The van der Waals surface area contributed by atoms with E-state index < -0.39 is 0 Å². The Morgan fingerprint density at radius 2 is 1.75 bits per heavy atom. The molecule has 2 aromatic carbocycles. The van der Waals surface area contributed by atoms with Crippen LogP contribution in [-0.4, -0.2) is 6.54 Å². The highest BCUT2D eigenvalue weighted by molar-refractivity contribution is 14.1. The van der Waals surface area contributed by atoms with E-state index in [1.54, 1.807) is 0 Å². The second-order valence-electron chi connectivity index (χ2n) is 5.16. The van der Waals surface area contributed by atoms with Crippen LogP contribution in [0, 0.1) is 10.5 Å². The minimum Gasteiger partial charge on any atom is -0.310 e. The molecule has 1 N–H and O–H groups in total. The van der Waals surface area contributed by atoms with Gasteiger partial charge in [0.05, 0.1) is 0 Å². The molecule has 0 saturated carbocycles. The summed E-state index contributed by atoms with van der Waals surface area (Å²) in [6.07, 6.45) is 2.21. The molecule has 0 fully saturated rings. The first-order valence-corrected chi connectivity index (χ1v) is 8.32. The van der Waals surface area contributed by atoms with E-state index in [1.807, 2.05) is 0 Å². The predicted molar refractivity (Wildman–Crippen MR) is 95.1 cm³/mol. The molecular formula is C18H22IN. The monoisotopic (exact) mass is 379 g/mol. The highest BCUT2D eigenvalue weighted by atomic mass is 127. The minimum atomic E-state index is 0.393. The van der Waals surface area contributed by atoms with Crippen LogP contribution >= 0.6 is 22.6 Å². The van der Waals surface area contributed by atoms with E-state index in [9.17, 15) is 0 Å². The van der Waals surface area contributed by atoms with Gasteiger partial charge < -0.3 is 5.32 Å². The second kappa shape index (κ2) is 7.79. The molecule has 0 radical (unpaired) electrons. The quantitative estimate of drug-likeness (QED) is 0.706. The van der Waals surface area contributed by atoms with Gasteiger partial charge in [0, 0.05) is 9.61 Å². The standard InChI is InChI=1S/C18H22IN/c1-3-12-20-18(16-10-6-7-11-17(16)19)13-15-9-5-4-8-14(15)2/h4-11,18,20H,3,12-13H2,1-2H3. The summed E-state index contributed by atoms with van der Waals surface area (Å²) >= 11 is 2.44. The molecule has 106 valence electrons. The lowest BCUT2D eigenvalue weighted by atomic mass is 9.96. The van der Waals surface area contributed by atoms with Gasteiger partial charge >= 0.3 is 0 Å². The molecule has 0 amide bonds. The Balaban J connectivity index is 2.24. The zero-order valence-electron chi connectivity index (χ0n) is 12.2. The first-order chi connectivity index (χ1) is 9.72. The van der Waals surface area contributed by atoms with Gasteiger partial charge in [-0.15, -0.1) is 0 Å². The number of hydrogen-bond donors (Lipinski definition) is 1. The van der Waals surface area contributed by atoms with Crippen LogP contribution in [0.5, 0.6) is 0 Å². The third-order valence-electron chi connectivity index (χ3n) is 3.61. The molecule has 0 aliphatic heterocycles. The lowest BCUT2D eigenvalue weighted by molar-refractivity contribution is 0.526. The predicted octanol–water partition coefficient (Wildman–Crippen LogP) is 4.88. The Morgan fingerprint density at radius 1 is 1.05 bits per heavy atom. The SMILES string of the molecule is CCCNC(Cc1ccccc1C)c1ccccc1I. The van der Waals surface area contributed by atoms with E-state index >= 15 is 0 Å². The van der Waals surface area contributed by atoms with E-state index in [4.69, 9.17) is 0 Å². The zero-order valence-corrected chi connectivity index (χ0v) is 14.4. The summed E-state index contributed by atoms with van der Waals surface area (Å²) in [5.41, 5.74) is 4.22. The van der Waals surface area contributed by atoms with Crippen LogP contribution in [0.15, 0.2) is 48.5 Å². The maximum absolute atomic E-state index is 3.70. The van der Waals surface area contributed by atoms with Crippen LogP contribution in [-0.2, 0) is 6.42 Å². The normalized spacial score (nSPS) is 12.3. The summed E-state index contributed by atoms with van der Waals surface area (Å²) in [6.45, 7) is 5.47. The molecule has 2 aromatic rings. The highest BCUT2D eigenvalue weighted by Gasteiger charge is 2.14. The van der Waals surface area contributed by atoms with Crippen molar-refractivity contribution in [1.82, 2.24) is 5.32 Å². The van der Waals surface area contributed by atoms with Crippen molar-refractivity contribution in [2.75, 3.05) is 6.54 Å². The van der Waals surface area contributed by atoms with Gasteiger partial charge in [-0.3, -0.25) is 0 Å². The number of nitrogens with one attached hydrogen (secondary N) is 1. The minimum absolute atomic E-state index is 0.393. The van der Waals surface area contributed by atoms with Gasteiger partial charge in [-0.25, -0.2) is 0 Å². The van der Waals surface area contributed by atoms with Crippen LogP contribution in [0.4, 0.5) is 0 Å². The molecule has 0 aliphatic carbocycles. The van der Waals surface area contributed by atoms with Gasteiger partial charge in [-0.05, 0) is 71.7 Å². The Morgan fingerprint density at radius 3 is 2.45 bits per heavy atom. The van der Waals surface area contributed by atoms with Crippen LogP contribution in [0.2, 0.25) is 0 Å². The summed E-state index contributed by atoms with van der Waals surface area (Å²) in [6, 6.07) is 17.8. The van der Waals surface area contributed by atoms with Gasteiger partial charge in [0.2, 0.25) is 0 Å². The van der Waals surface area contributed by atoms with Crippen molar-refractivity contribution >= 4 is 22.6 Å². The largest absolute Gasteiger partial charge is 0.310 e. The van der Waals surface area contributed by atoms with Crippen LogP contribution in [0.3, 0.4) is 0 Å². The molecule has 2 rings (SSSR count). The lowest BCUT2D eigenvalue weighted by Crippen LogP contribution is -2.25. The number of benzene rings is 2. The zero-order chi connectivity index (χ0) is 14.4. The molecule has 0 heterocycles. The third kappa shape index (κ3) is 4.06. The van der Waals surface area contributed by atoms with Crippen molar-refractivity contribution in [2.24, 2.45) is 0 Å². The van der Waals surface area contributed by atoms with Gasteiger partial charge in [-0.2, -0.15) is 0 Å². The summed E-state index contributed by atoms with van der Waals surface area (Å²) in [7, 11) is 0. The molecule has 0 spiro atoms. The fourth-order valence-electron chi connectivity index (χ4n) is 2.43. The molecule has 0 bridgehead atoms. The van der Waals surface area contributed by atoms with E-state index in [-0.39, 0.29) is 0 Å². The van der Waals surface area contributed by atoms with Crippen LogP contribution < -0.4 is 5.32 Å². The number of rotatable bonds is 6. The van der Waals surface area contributed by atoms with E-state index in [0.717, 1.165) is 19.4 Å². The molecular weight excluding hydrogens is 357 g/mol. The van der Waals surface area contributed by atoms with Crippen molar-refractivity contribution in [3.63, 3.8) is 0 Å². The summed E-state index contributed by atoms with van der Waals surface area (Å²) in [5.74, 6) is 0. The molecule has 20 heavy (non-hydrogen) atoms. The summed E-state index contributed by atoms with van der Waals surface area (Å²) in [4.78, 5) is 0. The van der Waals surface area contributed by atoms with E-state index in [0.29, 0.717) is 6.04 Å². The molecule has 1 unspecified atom stereocenters. The maximum atomic E-state index is 3.70. The van der Waals surface area contributed by atoms with Gasteiger partial charge in [-0.1, -0.05) is 49.4 Å². The van der Waals surface area contributed by atoms with Crippen molar-refractivity contribution in [2.45, 2.75) is 32.7 Å².